The van der Waals surface area contributed by atoms with E-state index < -0.39 is 0 Å². The van der Waals surface area contributed by atoms with E-state index in [1.807, 2.05) is 6.92 Å². The first-order chi connectivity index (χ1) is 9.29. The predicted molar refractivity (Wildman–Crippen MR) is 79.4 cm³/mol. The summed E-state index contributed by atoms with van der Waals surface area (Å²) in [6, 6.07) is 12.7. The summed E-state index contributed by atoms with van der Waals surface area (Å²) in [5, 5.41) is 2.48. The highest BCUT2D eigenvalue weighted by atomic mass is 16.5. The lowest BCUT2D eigenvalue weighted by Crippen LogP contribution is -2.13. The van der Waals surface area contributed by atoms with Gasteiger partial charge in [-0.15, -0.1) is 0 Å². The molecule has 0 heterocycles. The lowest BCUT2D eigenvalue weighted by atomic mass is 9.95. The Balaban J connectivity index is 2.07. The van der Waals surface area contributed by atoms with Crippen LogP contribution >= 0.6 is 0 Å². The van der Waals surface area contributed by atoms with E-state index >= 15 is 0 Å². The van der Waals surface area contributed by atoms with E-state index in [9.17, 15) is 0 Å². The van der Waals surface area contributed by atoms with Gasteiger partial charge >= 0.3 is 0 Å². The number of hydrogen-bond donors (Lipinski definition) is 1. The molecule has 100 valence electrons. The lowest BCUT2D eigenvalue weighted by molar-refractivity contribution is 0.334. The van der Waals surface area contributed by atoms with Gasteiger partial charge < -0.3 is 10.5 Å². The van der Waals surface area contributed by atoms with E-state index in [0.29, 0.717) is 6.61 Å². The van der Waals surface area contributed by atoms with Crippen molar-refractivity contribution in [1.82, 2.24) is 0 Å². The van der Waals surface area contributed by atoms with E-state index in [-0.39, 0.29) is 6.04 Å². The highest BCUT2D eigenvalue weighted by Gasteiger charge is 2.26. The van der Waals surface area contributed by atoms with Crippen LogP contribution in [0.5, 0.6) is 5.75 Å². The van der Waals surface area contributed by atoms with E-state index in [0.717, 1.165) is 18.1 Å². The second-order valence-corrected chi connectivity index (χ2v) is 5.42. The van der Waals surface area contributed by atoms with Crippen molar-refractivity contribution in [3.05, 3.63) is 42.0 Å². The van der Waals surface area contributed by atoms with Gasteiger partial charge in [-0.2, -0.15) is 0 Å². The molecular formula is C17H21NO. The molecule has 3 rings (SSSR count). The number of rotatable bonds is 5. The largest absolute Gasteiger partial charge is 0.494 e. The molecule has 1 atom stereocenters. The minimum atomic E-state index is 0.0835. The Kier molecular flexibility index (Phi) is 3.43. The zero-order chi connectivity index (χ0) is 13.2. The molecule has 0 amide bonds. The van der Waals surface area contributed by atoms with Gasteiger partial charge in [-0.25, -0.2) is 0 Å². The van der Waals surface area contributed by atoms with Gasteiger partial charge in [-0.1, -0.05) is 43.2 Å². The molecule has 19 heavy (non-hydrogen) atoms. The molecule has 1 saturated carbocycles. The Bertz CT molecular complexity index is 574. The molecule has 0 aliphatic heterocycles. The standard InChI is InChI=1S/C17H21NO/c1-2-19-16-10-9-13-5-3-4-6-14(13)17(16)15(18)11-12-7-8-12/h3-6,9-10,12,15H,2,7-8,11,18H2,1H3/t15-/m0/s1. The molecule has 0 radical (unpaired) electrons. The normalized spacial score (nSPS) is 16.5. The summed E-state index contributed by atoms with van der Waals surface area (Å²) >= 11 is 0. The fourth-order valence-corrected chi connectivity index (χ4v) is 2.77. The average Bonchev–Trinajstić information content (AvgIpc) is 3.22. The quantitative estimate of drug-likeness (QED) is 0.875. The molecule has 0 spiro atoms. The van der Waals surface area contributed by atoms with E-state index in [2.05, 4.69) is 36.4 Å². The third kappa shape index (κ3) is 2.59. The van der Waals surface area contributed by atoms with E-state index in [4.69, 9.17) is 10.5 Å². The molecular weight excluding hydrogens is 234 g/mol. The topological polar surface area (TPSA) is 35.2 Å². The summed E-state index contributed by atoms with van der Waals surface area (Å²) in [5.74, 6) is 1.78. The van der Waals surface area contributed by atoms with Crippen molar-refractivity contribution in [3.63, 3.8) is 0 Å². The van der Waals surface area contributed by atoms with Crippen molar-refractivity contribution >= 4 is 10.8 Å². The molecule has 0 saturated heterocycles. The van der Waals surface area contributed by atoms with Gasteiger partial charge in [0.1, 0.15) is 5.75 Å². The molecule has 0 bridgehead atoms. The van der Waals surface area contributed by atoms with Gasteiger partial charge in [0.15, 0.2) is 0 Å². The predicted octanol–water partition coefficient (Wildman–Crippen LogP) is 4.04. The maximum absolute atomic E-state index is 6.45. The monoisotopic (exact) mass is 255 g/mol. The molecule has 1 aliphatic rings. The molecule has 2 nitrogen and oxygen atoms in total. The van der Waals surface area contributed by atoms with Gasteiger partial charge in [-0.3, -0.25) is 0 Å². The summed E-state index contributed by atoms with van der Waals surface area (Å²) in [7, 11) is 0. The van der Waals surface area contributed by atoms with Gasteiger partial charge in [0.25, 0.3) is 0 Å². The van der Waals surface area contributed by atoms with Crippen LogP contribution in [0.15, 0.2) is 36.4 Å². The summed E-state index contributed by atoms with van der Waals surface area (Å²) in [6.07, 6.45) is 3.75. The summed E-state index contributed by atoms with van der Waals surface area (Å²) < 4.78 is 5.79. The molecule has 2 aromatic rings. The molecule has 0 unspecified atom stereocenters. The van der Waals surface area contributed by atoms with Crippen molar-refractivity contribution in [2.24, 2.45) is 11.7 Å². The third-order valence-corrected chi connectivity index (χ3v) is 3.89. The van der Waals surface area contributed by atoms with Crippen LogP contribution in [0.1, 0.15) is 37.8 Å². The first-order valence-electron chi connectivity index (χ1n) is 7.19. The Hall–Kier alpha value is -1.54. The van der Waals surface area contributed by atoms with Crippen LogP contribution in [0.2, 0.25) is 0 Å². The number of benzene rings is 2. The SMILES string of the molecule is CCOc1ccc2ccccc2c1[C@@H](N)CC1CC1. The summed E-state index contributed by atoms with van der Waals surface area (Å²) in [6.45, 7) is 2.70. The Morgan fingerprint density at radius 3 is 2.74 bits per heavy atom. The third-order valence-electron chi connectivity index (χ3n) is 3.89. The maximum Gasteiger partial charge on any atom is 0.124 e. The van der Waals surface area contributed by atoms with Crippen LogP contribution in [0, 0.1) is 5.92 Å². The summed E-state index contributed by atoms with van der Waals surface area (Å²) in [5.41, 5.74) is 7.64. The number of nitrogens with two attached hydrogens (primary N) is 1. The molecule has 2 heteroatoms. The van der Waals surface area contributed by atoms with Crippen molar-refractivity contribution in [2.75, 3.05) is 6.61 Å². The second-order valence-electron chi connectivity index (χ2n) is 5.42. The molecule has 1 fully saturated rings. The van der Waals surface area contributed by atoms with Gasteiger partial charge in [0.05, 0.1) is 6.61 Å². The van der Waals surface area contributed by atoms with Crippen LogP contribution in [0.3, 0.4) is 0 Å². The van der Waals surface area contributed by atoms with E-state index in [1.54, 1.807) is 0 Å². The van der Waals surface area contributed by atoms with Crippen molar-refractivity contribution in [3.8, 4) is 5.75 Å². The van der Waals surface area contributed by atoms with Crippen LogP contribution in [-0.4, -0.2) is 6.61 Å². The molecule has 2 aromatic carbocycles. The number of hydrogen-bond acceptors (Lipinski definition) is 2. The highest BCUT2D eigenvalue weighted by molar-refractivity contribution is 5.88. The lowest BCUT2D eigenvalue weighted by Gasteiger charge is -2.19. The highest BCUT2D eigenvalue weighted by Crippen LogP contribution is 2.41. The first-order valence-corrected chi connectivity index (χ1v) is 7.19. The Morgan fingerprint density at radius 2 is 2.00 bits per heavy atom. The first kappa shape index (κ1) is 12.5. The minimum absolute atomic E-state index is 0.0835. The second kappa shape index (κ2) is 5.22. The zero-order valence-electron chi connectivity index (χ0n) is 11.4. The average molecular weight is 255 g/mol. The van der Waals surface area contributed by atoms with Gasteiger partial charge in [-0.05, 0) is 36.1 Å². The van der Waals surface area contributed by atoms with Crippen LogP contribution in [0.25, 0.3) is 10.8 Å². The Labute approximate surface area is 114 Å². The van der Waals surface area contributed by atoms with Crippen LogP contribution in [-0.2, 0) is 0 Å². The fraction of sp³-hybridized carbons (Fsp3) is 0.412. The number of fused-ring (bicyclic) bond motifs is 1. The molecule has 0 aromatic heterocycles. The van der Waals surface area contributed by atoms with Crippen molar-refractivity contribution in [1.29, 1.82) is 0 Å². The molecule has 2 N–H and O–H groups in total. The van der Waals surface area contributed by atoms with Crippen LogP contribution < -0.4 is 10.5 Å². The maximum atomic E-state index is 6.45. The van der Waals surface area contributed by atoms with Gasteiger partial charge in [0.2, 0.25) is 0 Å². The molecule has 1 aliphatic carbocycles. The fourth-order valence-electron chi connectivity index (χ4n) is 2.77. The smallest absolute Gasteiger partial charge is 0.124 e. The zero-order valence-corrected chi connectivity index (χ0v) is 11.4. The van der Waals surface area contributed by atoms with Crippen molar-refractivity contribution in [2.45, 2.75) is 32.2 Å². The van der Waals surface area contributed by atoms with Gasteiger partial charge in [0, 0.05) is 11.6 Å². The van der Waals surface area contributed by atoms with Crippen LogP contribution in [0.4, 0.5) is 0 Å². The Morgan fingerprint density at radius 1 is 1.21 bits per heavy atom. The number of ether oxygens (including phenoxy) is 1. The summed E-state index contributed by atoms with van der Waals surface area (Å²) in [4.78, 5) is 0. The van der Waals surface area contributed by atoms with E-state index in [1.165, 1.54) is 29.2 Å². The van der Waals surface area contributed by atoms with Crippen molar-refractivity contribution < 1.29 is 4.74 Å². The minimum Gasteiger partial charge on any atom is -0.494 e.